The smallest absolute Gasteiger partial charge is 4.00 e. The summed E-state index contributed by atoms with van der Waals surface area (Å²) in [6.45, 7) is 0. The van der Waals surface area contributed by atoms with Gasteiger partial charge >= 0.3 is 58.3 Å². The van der Waals surface area contributed by atoms with Crippen molar-refractivity contribution in [1.29, 1.82) is 0 Å². The molecule has 0 aliphatic carbocycles. The SMILES string of the molecule is [F-].[F-].[F-].[F-].[F][Sn]([F])([F])[F].[Zr+4]. The maximum atomic E-state index is 9.90. The predicted octanol–water partition coefficient (Wildman–Crippen LogP) is -10.7. The van der Waals surface area contributed by atoms with E-state index in [9.17, 15) is 11.5 Å². The fourth-order valence-electron chi connectivity index (χ4n) is 0. The first-order valence-corrected chi connectivity index (χ1v) is 5.07. The maximum absolute atomic E-state index is 9.90. The van der Waals surface area contributed by atoms with Gasteiger partial charge in [0.1, 0.15) is 0 Å². The zero-order valence-electron chi connectivity index (χ0n) is 4.02. The fraction of sp³-hybridized carbons (Fsp3) is 0. The second kappa shape index (κ2) is 16.6. The van der Waals surface area contributed by atoms with Crippen LogP contribution in [0.25, 0.3) is 0 Å². The van der Waals surface area contributed by atoms with Crippen molar-refractivity contribution in [2.24, 2.45) is 0 Å². The van der Waals surface area contributed by atoms with Gasteiger partial charge in [-0.25, -0.2) is 0 Å². The minimum Gasteiger partial charge on any atom is 4.00 e. The third-order valence-electron chi connectivity index (χ3n) is 0. The zero-order valence-corrected chi connectivity index (χ0v) is 9.34. The summed E-state index contributed by atoms with van der Waals surface area (Å²) < 4.78 is 39.6. The molecule has 64 valence electrons. The molecule has 0 amide bonds. The fourth-order valence-corrected chi connectivity index (χ4v) is 0. The van der Waals surface area contributed by atoms with Crippen LogP contribution >= 0.6 is 0 Å². The molecule has 10 heteroatoms. The Kier molecular flexibility index (Phi) is 72.1. The minimum atomic E-state index is -7.18. The monoisotopic (exact) mass is 362 g/mol. The molecule has 0 saturated carbocycles. The number of hydrogen-bond acceptors (Lipinski definition) is 0. The van der Waals surface area contributed by atoms with Gasteiger partial charge in [0, 0.05) is 0 Å². The third kappa shape index (κ3) is 478. The van der Waals surface area contributed by atoms with Gasteiger partial charge in [0.25, 0.3) is 0 Å². The van der Waals surface area contributed by atoms with E-state index in [0.717, 1.165) is 0 Å². The van der Waals surface area contributed by atoms with Crippen molar-refractivity contribution >= 4 is 20.7 Å². The largest absolute Gasteiger partial charge is 4.00 e. The average molecular weight is 362 g/mol. The molecule has 0 aromatic heterocycles. The quantitative estimate of drug-likeness (QED) is 0.297. The van der Waals surface area contributed by atoms with Crippen LogP contribution in [0.3, 0.4) is 0 Å². The molecule has 0 aromatic carbocycles. The van der Waals surface area contributed by atoms with E-state index in [1.807, 2.05) is 0 Å². The Hall–Kier alpha value is 1.12. The Morgan fingerprint density at radius 3 is 0.600 bits per heavy atom. The first-order chi connectivity index (χ1) is 2.00. The third-order valence-corrected chi connectivity index (χ3v) is 0. The summed E-state index contributed by atoms with van der Waals surface area (Å²) in [4.78, 5) is 0. The molecule has 0 fully saturated rings. The molecule has 0 rings (SSSR count). The van der Waals surface area contributed by atoms with Gasteiger partial charge in [-0.1, -0.05) is 0 Å². The van der Waals surface area contributed by atoms with Gasteiger partial charge in [0.05, 0.1) is 0 Å². The van der Waals surface area contributed by atoms with Gasteiger partial charge in [-0.3, -0.25) is 0 Å². The summed E-state index contributed by atoms with van der Waals surface area (Å²) in [5.41, 5.74) is 0. The van der Waals surface area contributed by atoms with E-state index < -0.39 is 20.7 Å². The molecule has 0 heterocycles. The molecular weight excluding hydrogens is 362 g/mol. The summed E-state index contributed by atoms with van der Waals surface area (Å²) in [6, 6.07) is 0. The van der Waals surface area contributed by atoms with Gasteiger partial charge in [0.15, 0.2) is 0 Å². The van der Waals surface area contributed by atoms with Gasteiger partial charge < -0.3 is 18.8 Å². The molecule has 0 nitrogen and oxygen atoms in total. The Morgan fingerprint density at radius 1 is 0.600 bits per heavy atom. The van der Waals surface area contributed by atoms with Crippen molar-refractivity contribution in [1.82, 2.24) is 0 Å². The minimum absolute atomic E-state index is 0. The van der Waals surface area contributed by atoms with Crippen LogP contribution in [0.15, 0.2) is 0 Å². The van der Waals surface area contributed by atoms with Crippen molar-refractivity contribution in [3.8, 4) is 0 Å². The zero-order chi connectivity index (χ0) is 4.50. The number of rotatable bonds is 0. The molecule has 0 bridgehead atoms. The van der Waals surface area contributed by atoms with E-state index >= 15 is 0 Å². The van der Waals surface area contributed by atoms with Gasteiger partial charge in [-0.2, -0.15) is 0 Å². The molecule has 0 atom stereocenters. The Labute approximate surface area is 76.9 Å². The van der Waals surface area contributed by atoms with Crippen molar-refractivity contribution < 1.29 is 56.5 Å². The summed E-state index contributed by atoms with van der Waals surface area (Å²) >= 11 is -7.18. The van der Waals surface area contributed by atoms with Gasteiger partial charge in [0.2, 0.25) is 0 Å². The van der Waals surface area contributed by atoms with E-state index in [-0.39, 0.29) is 45.0 Å². The van der Waals surface area contributed by atoms with Crippen LogP contribution in [-0.4, -0.2) is 20.7 Å². The summed E-state index contributed by atoms with van der Waals surface area (Å²) in [5.74, 6) is 0. The van der Waals surface area contributed by atoms with Crippen LogP contribution in [0.2, 0.25) is 0 Å². The first-order valence-electron chi connectivity index (χ1n) is 0.756. The maximum Gasteiger partial charge on any atom is 4.00 e. The Morgan fingerprint density at radius 2 is 0.600 bits per heavy atom. The van der Waals surface area contributed by atoms with Crippen LogP contribution in [0.4, 0.5) is 11.5 Å². The van der Waals surface area contributed by atoms with Crippen LogP contribution < -0.4 is 18.8 Å². The van der Waals surface area contributed by atoms with Crippen LogP contribution in [0, 0.1) is 0 Å². The molecule has 0 saturated heterocycles. The predicted molar refractivity (Wildman–Crippen MR) is 10.2 cm³/mol. The Balaban J connectivity index is -0.00000000800. The van der Waals surface area contributed by atoms with Crippen LogP contribution in [-0.2, 0) is 26.2 Å². The molecule has 10 heavy (non-hydrogen) atoms. The van der Waals surface area contributed by atoms with E-state index in [1.54, 1.807) is 0 Å². The molecule has 0 aromatic rings. The van der Waals surface area contributed by atoms with E-state index in [4.69, 9.17) is 0 Å². The Bertz CT molecular complexity index is 24.7. The van der Waals surface area contributed by atoms with Crippen LogP contribution in [0.1, 0.15) is 0 Å². The topological polar surface area (TPSA) is 0 Å². The second-order valence-electron chi connectivity index (χ2n) is 0.429. The molecule has 0 aliphatic rings. The normalized spacial score (nSPS) is 6.00. The first kappa shape index (κ1) is 43.4. The number of halogens is 8. The van der Waals surface area contributed by atoms with E-state index in [0.29, 0.717) is 0 Å². The second-order valence-corrected chi connectivity index (χ2v) is 2.87. The van der Waals surface area contributed by atoms with Gasteiger partial charge in [-0.15, -0.1) is 0 Å². The molecule has 0 N–H and O–H groups in total. The number of hydrogen-bond donors (Lipinski definition) is 0. The van der Waals surface area contributed by atoms with Crippen LogP contribution in [0.5, 0.6) is 0 Å². The summed E-state index contributed by atoms with van der Waals surface area (Å²) in [6.07, 6.45) is 0. The molecule has 0 aliphatic heterocycles. The van der Waals surface area contributed by atoms with Gasteiger partial charge in [-0.05, 0) is 0 Å². The van der Waals surface area contributed by atoms with E-state index in [1.165, 1.54) is 0 Å². The van der Waals surface area contributed by atoms with Crippen molar-refractivity contribution in [3.63, 3.8) is 0 Å². The van der Waals surface area contributed by atoms with Crippen molar-refractivity contribution in [2.45, 2.75) is 0 Å². The standard InChI is InChI=1S/8FH.Sn.Zr/h8*1H;;/q;;;;;;;;2*+4/p-8. The molecule has 0 spiro atoms. The summed E-state index contributed by atoms with van der Waals surface area (Å²) in [7, 11) is 0. The molecule has 0 radical (unpaired) electrons. The molecular formula is F8SnZr. The van der Waals surface area contributed by atoms with Crippen molar-refractivity contribution in [3.05, 3.63) is 0 Å². The van der Waals surface area contributed by atoms with E-state index in [2.05, 4.69) is 0 Å². The van der Waals surface area contributed by atoms with Crippen molar-refractivity contribution in [2.75, 3.05) is 0 Å². The molecule has 0 unspecified atom stereocenters. The average Bonchev–Trinajstić information content (AvgIpc) is 0.722. The summed E-state index contributed by atoms with van der Waals surface area (Å²) in [5, 5.41) is 0.